The fourth-order valence-electron chi connectivity index (χ4n) is 1.58. The van der Waals surface area contributed by atoms with Gasteiger partial charge in [0.2, 0.25) is 11.8 Å². The molecule has 11 heteroatoms. The van der Waals surface area contributed by atoms with Crippen molar-refractivity contribution in [3.8, 4) is 11.7 Å². The first kappa shape index (κ1) is 11.7. The normalized spacial score (nSPS) is 11.4. The number of ether oxygens (including phenoxy) is 1. The predicted octanol–water partition coefficient (Wildman–Crippen LogP) is -0.803. The molecule has 0 aliphatic heterocycles. The summed E-state index contributed by atoms with van der Waals surface area (Å²) in [6, 6.07) is 1.43. The van der Waals surface area contributed by atoms with Crippen molar-refractivity contribution in [1.29, 1.82) is 0 Å². The van der Waals surface area contributed by atoms with Crippen LogP contribution >= 0.6 is 0 Å². The van der Waals surface area contributed by atoms with Crippen molar-refractivity contribution < 1.29 is 10.5 Å². The number of nitrogens with one attached hydrogen (secondary N) is 1. The van der Waals surface area contributed by atoms with E-state index in [0.29, 0.717) is 0 Å². The van der Waals surface area contributed by atoms with Crippen LogP contribution in [0.25, 0.3) is 5.82 Å². The summed E-state index contributed by atoms with van der Waals surface area (Å²) in [5, 5.41) is 11.6. The van der Waals surface area contributed by atoms with Gasteiger partial charge in [0.1, 0.15) is 12.9 Å². The number of H-pyrrole nitrogens is 1. The number of nitrogens with zero attached hydrogens (tertiary/aromatic N) is 7. The second-order valence-electron chi connectivity index (χ2n) is 3.92. The lowest BCUT2D eigenvalue weighted by molar-refractivity contribution is 0.284. The highest BCUT2D eigenvalue weighted by Gasteiger charge is 2.18. The minimum absolute atomic E-state index is 0.0732. The summed E-state index contributed by atoms with van der Waals surface area (Å²) < 4.78 is 28.2. The van der Waals surface area contributed by atoms with E-state index < -0.39 is 11.6 Å². The Labute approximate surface area is 117 Å². The van der Waals surface area contributed by atoms with Gasteiger partial charge in [-0.15, -0.1) is 9.78 Å². The molecule has 21 heavy (non-hydrogen) atoms. The summed E-state index contributed by atoms with van der Waals surface area (Å²) in [6.45, 7) is -0.290. The molecule has 3 heterocycles. The van der Waals surface area contributed by atoms with Gasteiger partial charge in [-0.05, 0) is 10.4 Å². The second kappa shape index (κ2) is 5.11. The van der Waals surface area contributed by atoms with Crippen molar-refractivity contribution >= 4 is 0 Å². The summed E-state index contributed by atoms with van der Waals surface area (Å²) in [5.41, 5.74) is -0.667. The van der Waals surface area contributed by atoms with Gasteiger partial charge < -0.3 is 4.74 Å². The Morgan fingerprint density at radius 1 is 1.48 bits per heavy atom. The number of aromatic nitrogens is 8. The highest BCUT2D eigenvalue weighted by atomic mass is 19.1. The number of halogens is 1. The van der Waals surface area contributed by atoms with Crippen LogP contribution in [0.4, 0.5) is 4.39 Å². The quantitative estimate of drug-likeness (QED) is 0.626. The zero-order valence-electron chi connectivity index (χ0n) is 11.7. The molecule has 0 atom stereocenters. The van der Waals surface area contributed by atoms with Gasteiger partial charge in [-0.2, -0.15) is 9.07 Å². The van der Waals surface area contributed by atoms with Crippen LogP contribution in [-0.2, 0) is 13.7 Å². The summed E-state index contributed by atoms with van der Waals surface area (Å²) >= 11 is 0. The molecular formula is C10H9FN8O2. The van der Waals surface area contributed by atoms with E-state index in [0.717, 1.165) is 20.8 Å². The Hall–Kier alpha value is -3.11. The Morgan fingerprint density at radius 3 is 3.00 bits per heavy atom. The molecule has 0 spiro atoms. The Balaban J connectivity index is 1.96. The van der Waals surface area contributed by atoms with Crippen molar-refractivity contribution in [1.82, 2.24) is 39.9 Å². The van der Waals surface area contributed by atoms with Crippen LogP contribution in [0.3, 0.4) is 0 Å². The van der Waals surface area contributed by atoms with Crippen molar-refractivity contribution in [2.75, 3.05) is 0 Å². The van der Waals surface area contributed by atoms with Crippen molar-refractivity contribution in [3.05, 3.63) is 40.6 Å². The average molecular weight is 294 g/mol. The molecule has 0 aliphatic rings. The molecule has 0 fully saturated rings. The first-order chi connectivity index (χ1) is 10.6. The second-order valence-corrected chi connectivity index (χ2v) is 3.92. The molecule has 3 aromatic heterocycles. The Morgan fingerprint density at radius 2 is 2.33 bits per heavy atom. The summed E-state index contributed by atoms with van der Waals surface area (Å²) in [5.74, 6) is -0.806. The smallest absolute Gasteiger partial charge is 0.369 e. The lowest BCUT2D eigenvalue weighted by Gasteiger charge is -2.07. The van der Waals surface area contributed by atoms with Gasteiger partial charge in [0.25, 0.3) is 0 Å². The van der Waals surface area contributed by atoms with Gasteiger partial charge >= 0.3 is 5.69 Å². The van der Waals surface area contributed by atoms with Gasteiger partial charge in [0.05, 0.1) is 5.56 Å². The van der Waals surface area contributed by atoms with E-state index in [4.69, 9.17) is 6.15 Å². The first-order valence-corrected chi connectivity index (χ1v) is 5.72. The van der Waals surface area contributed by atoms with Gasteiger partial charge in [0, 0.05) is 19.3 Å². The van der Waals surface area contributed by atoms with Crippen LogP contribution in [0.5, 0.6) is 5.88 Å². The van der Waals surface area contributed by atoms with E-state index in [1.807, 2.05) is 0 Å². The molecule has 0 aromatic carbocycles. The Bertz CT molecular complexity index is 872. The highest BCUT2D eigenvalue weighted by molar-refractivity contribution is 5.30. The zero-order valence-corrected chi connectivity index (χ0v) is 10.7. The molecule has 0 saturated heterocycles. The minimum Gasteiger partial charge on any atom is -0.471 e. The van der Waals surface area contributed by atoms with Crippen LogP contribution in [0.1, 0.15) is 5.56 Å². The number of aromatic amines is 1. The number of hydrogen-bond acceptors (Lipinski definition) is 7. The van der Waals surface area contributed by atoms with Crippen molar-refractivity contribution in [2.45, 2.75) is 6.61 Å². The molecule has 0 amide bonds. The fraction of sp³-hybridized carbons (Fsp3) is 0.200. The molecule has 1 N–H and O–H groups in total. The lowest BCUT2D eigenvalue weighted by Crippen LogP contribution is -2.24. The van der Waals surface area contributed by atoms with E-state index in [1.165, 1.54) is 19.3 Å². The standard InChI is InChI=1S/C10H9FN8O2/c1-18-10(20)19(17-16-18)9-6(8(11)12-5-13-9)4-21-7-2-3-14-15-7/h2-3,5H,4H2,1H3,(H,14,15)/i/hT. The third kappa shape index (κ3) is 2.35. The van der Waals surface area contributed by atoms with E-state index in [2.05, 4.69) is 25.5 Å². The lowest BCUT2D eigenvalue weighted by atomic mass is 10.3. The van der Waals surface area contributed by atoms with Gasteiger partial charge in [-0.25, -0.2) is 14.8 Å². The van der Waals surface area contributed by atoms with E-state index in [9.17, 15) is 9.18 Å². The zero-order chi connectivity index (χ0) is 15.7. The number of rotatable bonds is 4. The molecular weight excluding hydrogens is 283 g/mol. The summed E-state index contributed by atoms with van der Waals surface area (Å²) in [6.07, 6.45) is 2.31. The maximum atomic E-state index is 13.9. The largest absolute Gasteiger partial charge is 0.471 e. The fourth-order valence-corrected chi connectivity index (χ4v) is 1.58. The van der Waals surface area contributed by atoms with Crippen LogP contribution in [-0.4, -0.2) is 39.9 Å². The minimum atomic E-state index is -0.854. The van der Waals surface area contributed by atoms with Crippen molar-refractivity contribution in [3.63, 3.8) is 0 Å². The predicted molar refractivity (Wildman–Crippen MR) is 65.1 cm³/mol. The molecule has 10 nitrogen and oxygen atoms in total. The average Bonchev–Trinajstić information content (AvgIpc) is 3.05. The van der Waals surface area contributed by atoms with Gasteiger partial charge in [-0.3, -0.25) is 5.09 Å². The van der Waals surface area contributed by atoms with Crippen molar-refractivity contribution in [2.24, 2.45) is 7.05 Å². The van der Waals surface area contributed by atoms with Crippen LogP contribution in [0.15, 0.2) is 23.4 Å². The third-order valence-corrected chi connectivity index (χ3v) is 2.60. The molecule has 0 bridgehead atoms. The van der Waals surface area contributed by atoms with Gasteiger partial charge in [0.15, 0.2) is 7.23 Å². The molecule has 0 unspecified atom stereocenters. The Kier molecular flexibility index (Phi) is 2.85. The maximum Gasteiger partial charge on any atom is 0.369 e. The molecule has 0 aliphatic carbocycles. The highest BCUT2D eigenvalue weighted by Crippen LogP contribution is 2.14. The van der Waals surface area contributed by atoms with Crippen LogP contribution in [0.2, 0.25) is 1.41 Å². The third-order valence-electron chi connectivity index (χ3n) is 2.60. The van der Waals surface area contributed by atoms with E-state index in [-0.39, 0.29) is 23.9 Å². The molecule has 0 saturated carbocycles. The van der Waals surface area contributed by atoms with E-state index in [1.54, 1.807) is 0 Å². The first-order valence-electron chi connectivity index (χ1n) is 6.17. The van der Waals surface area contributed by atoms with Crippen LogP contribution in [0, 0.1) is 5.95 Å². The number of aryl methyl sites for hydroxylation is 1. The SMILES string of the molecule is [3H]n1ccc(OCc2c(F)ncnc2-n2nnn(C)c2=O)n1. The number of hydrogen-bond donors (Lipinski definition) is 1. The monoisotopic (exact) mass is 294 g/mol. The number of tetrazole rings is 1. The summed E-state index contributed by atoms with van der Waals surface area (Å²) in [7, 11) is 1.40. The molecule has 3 aromatic rings. The molecule has 3 rings (SSSR count). The van der Waals surface area contributed by atoms with E-state index >= 15 is 0 Å². The molecule has 108 valence electrons. The topological polar surface area (TPSA) is 116 Å². The summed E-state index contributed by atoms with van der Waals surface area (Å²) in [4.78, 5) is 19.1. The van der Waals surface area contributed by atoms with Crippen LogP contribution < -0.4 is 10.4 Å². The molecule has 0 radical (unpaired) electrons. The van der Waals surface area contributed by atoms with Gasteiger partial charge in [-0.1, -0.05) is 0 Å². The maximum absolute atomic E-state index is 13.9.